The molecule has 466 valence electrons. The van der Waals surface area contributed by atoms with Gasteiger partial charge in [-0.25, -0.2) is 0 Å². The molecular weight excluding hydrogens is 971 g/mol. The summed E-state index contributed by atoms with van der Waals surface area (Å²) in [6.45, 7) is 4.96. The highest BCUT2D eigenvalue weighted by molar-refractivity contribution is 5.76. The van der Waals surface area contributed by atoms with Crippen molar-refractivity contribution in [3.8, 4) is 0 Å². The van der Waals surface area contributed by atoms with Gasteiger partial charge in [-0.2, -0.15) is 0 Å². The van der Waals surface area contributed by atoms with E-state index < -0.39 is 12.1 Å². The average Bonchev–Trinajstić information content (AvgIpc) is 3.45. The first kappa shape index (κ1) is 77.1. The Morgan fingerprint density at radius 2 is 0.633 bits per heavy atom. The van der Waals surface area contributed by atoms with Crippen LogP contribution in [0.15, 0.2) is 36.5 Å². The number of unbranched alkanes of at least 4 members (excludes halogenated alkanes) is 50. The smallest absolute Gasteiger partial charge is 0.305 e. The van der Waals surface area contributed by atoms with Gasteiger partial charge in [0.15, 0.2) is 0 Å². The number of nitrogens with one attached hydrogen (secondary N) is 1. The predicted molar refractivity (Wildman–Crippen MR) is 347 cm³/mol. The van der Waals surface area contributed by atoms with Crippen LogP contribution in [0.4, 0.5) is 0 Å². The number of aliphatic hydroxyl groups is 2. The minimum Gasteiger partial charge on any atom is -0.466 e. The first-order valence-electron chi connectivity index (χ1n) is 35.7. The van der Waals surface area contributed by atoms with Crippen molar-refractivity contribution in [1.82, 2.24) is 5.32 Å². The van der Waals surface area contributed by atoms with E-state index in [0.29, 0.717) is 25.9 Å². The van der Waals surface area contributed by atoms with Crippen LogP contribution in [0, 0.1) is 0 Å². The highest BCUT2D eigenvalue weighted by Crippen LogP contribution is 2.19. The van der Waals surface area contributed by atoms with Crippen molar-refractivity contribution in [3.05, 3.63) is 36.5 Å². The molecule has 0 spiro atoms. The molecule has 6 heteroatoms. The van der Waals surface area contributed by atoms with E-state index in [1.165, 1.54) is 308 Å². The number of aliphatic hydroxyl groups excluding tert-OH is 2. The Hall–Kier alpha value is -1.92. The summed E-state index contributed by atoms with van der Waals surface area (Å²) in [5.74, 6) is -0.0266. The standard InChI is InChI=1S/C73H139NO5/c1-3-5-7-9-11-13-15-17-18-19-35-38-42-45-49-53-57-61-65-71(76)70(69-75)74-72(77)66-62-58-54-50-46-43-39-36-33-31-29-27-25-23-21-20-22-24-26-28-30-32-34-37-40-44-48-52-56-60-64-68-79-73(78)67-63-59-55-51-47-41-16-14-12-10-8-6-4-2/h14,16,22,24,28,30,70-71,75-76H,3-13,15,17-21,23,25-27,29,31-69H2,1-2H3,(H,74,77)/b16-14-,24-22-,30-28-. The quantitative estimate of drug-likeness (QED) is 0.0320. The zero-order chi connectivity index (χ0) is 57.1. The molecule has 0 radical (unpaired) electrons. The van der Waals surface area contributed by atoms with Crippen LogP contribution in [0.25, 0.3) is 0 Å². The zero-order valence-electron chi connectivity index (χ0n) is 53.4. The van der Waals surface area contributed by atoms with Gasteiger partial charge in [0.05, 0.1) is 25.4 Å². The van der Waals surface area contributed by atoms with Gasteiger partial charge in [-0.3, -0.25) is 9.59 Å². The minimum absolute atomic E-state index is 0.00426. The molecule has 0 aliphatic heterocycles. The van der Waals surface area contributed by atoms with Gasteiger partial charge in [0, 0.05) is 12.8 Å². The van der Waals surface area contributed by atoms with E-state index in [0.717, 1.165) is 51.4 Å². The fraction of sp³-hybridized carbons (Fsp3) is 0.890. The van der Waals surface area contributed by atoms with Crippen molar-refractivity contribution >= 4 is 11.9 Å². The second-order valence-electron chi connectivity index (χ2n) is 24.6. The van der Waals surface area contributed by atoms with Crippen molar-refractivity contribution in [3.63, 3.8) is 0 Å². The van der Waals surface area contributed by atoms with Crippen molar-refractivity contribution in [2.45, 2.75) is 405 Å². The molecule has 2 unspecified atom stereocenters. The van der Waals surface area contributed by atoms with Gasteiger partial charge in [-0.1, -0.05) is 333 Å². The SMILES string of the molecule is CCCCCC/C=C\CCCCCCCC(=O)OCCCCCCCCCCC/C=C\C/C=C\CCCCCCCCCCCCCCCCCC(=O)NC(CO)C(O)CCCCCCCCCCCCCCCCCCCC. The lowest BCUT2D eigenvalue weighted by Crippen LogP contribution is -2.45. The van der Waals surface area contributed by atoms with Crippen LogP contribution in [0.5, 0.6) is 0 Å². The second kappa shape index (κ2) is 68.6. The van der Waals surface area contributed by atoms with E-state index in [2.05, 4.69) is 55.6 Å². The van der Waals surface area contributed by atoms with E-state index in [4.69, 9.17) is 4.74 Å². The molecule has 0 aliphatic carbocycles. The molecule has 0 rings (SSSR count). The second-order valence-corrected chi connectivity index (χ2v) is 24.6. The van der Waals surface area contributed by atoms with E-state index in [1.54, 1.807) is 0 Å². The lowest BCUT2D eigenvalue weighted by Gasteiger charge is -2.22. The lowest BCUT2D eigenvalue weighted by molar-refractivity contribution is -0.143. The summed E-state index contributed by atoms with van der Waals surface area (Å²) in [6, 6.07) is -0.542. The number of allylic oxidation sites excluding steroid dienone is 6. The Labute approximate surface area is 494 Å². The van der Waals surface area contributed by atoms with Gasteiger partial charge in [0.2, 0.25) is 5.91 Å². The number of amides is 1. The first-order chi connectivity index (χ1) is 39.0. The van der Waals surface area contributed by atoms with Gasteiger partial charge in [-0.15, -0.1) is 0 Å². The summed E-state index contributed by atoms with van der Waals surface area (Å²) in [4.78, 5) is 24.6. The van der Waals surface area contributed by atoms with Gasteiger partial charge >= 0.3 is 5.97 Å². The zero-order valence-corrected chi connectivity index (χ0v) is 53.4. The number of hydrogen-bond acceptors (Lipinski definition) is 5. The summed E-state index contributed by atoms with van der Waals surface area (Å²) in [5, 5.41) is 23.4. The van der Waals surface area contributed by atoms with E-state index in [-0.39, 0.29) is 18.5 Å². The molecule has 2 atom stereocenters. The molecule has 1 amide bonds. The third-order valence-corrected chi connectivity index (χ3v) is 16.7. The minimum atomic E-state index is -0.665. The van der Waals surface area contributed by atoms with Crippen molar-refractivity contribution in [2.75, 3.05) is 13.2 Å². The Kier molecular flexibility index (Phi) is 66.9. The fourth-order valence-electron chi connectivity index (χ4n) is 11.2. The summed E-state index contributed by atoms with van der Waals surface area (Å²) in [5.41, 5.74) is 0. The van der Waals surface area contributed by atoms with Crippen LogP contribution in [-0.4, -0.2) is 47.4 Å². The van der Waals surface area contributed by atoms with Gasteiger partial charge < -0.3 is 20.3 Å². The summed E-state index contributed by atoms with van der Waals surface area (Å²) < 4.78 is 5.48. The molecule has 79 heavy (non-hydrogen) atoms. The highest BCUT2D eigenvalue weighted by Gasteiger charge is 2.20. The van der Waals surface area contributed by atoms with Crippen molar-refractivity contribution < 1.29 is 24.5 Å². The molecule has 0 aromatic rings. The molecule has 3 N–H and O–H groups in total. The van der Waals surface area contributed by atoms with Crippen LogP contribution in [0.3, 0.4) is 0 Å². The topological polar surface area (TPSA) is 95.9 Å². The Balaban J connectivity index is 3.39. The van der Waals surface area contributed by atoms with E-state index in [9.17, 15) is 19.8 Å². The van der Waals surface area contributed by atoms with Crippen LogP contribution in [0.1, 0.15) is 393 Å². The Morgan fingerprint density at radius 3 is 0.987 bits per heavy atom. The van der Waals surface area contributed by atoms with Crippen LogP contribution in [-0.2, 0) is 14.3 Å². The molecule has 0 saturated heterocycles. The third kappa shape index (κ3) is 65.1. The molecule has 6 nitrogen and oxygen atoms in total. The lowest BCUT2D eigenvalue weighted by atomic mass is 10.0. The number of rotatable bonds is 67. The highest BCUT2D eigenvalue weighted by atomic mass is 16.5. The summed E-state index contributed by atoms with van der Waals surface area (Å²) >= 11 is 0. The summed E-state index contributed by atoms with van der Waals surface area (Å²) in [6.07, 6.45) is 87.7. The maximum Gasteiger partial charge on any atom is 0.305 e. The number of carbonyl (C=O) groups is 2. The fourth-order valence-corrected chi connectivity index (χ4v) is 11.2. The van der Waals surface area contributed by atoms with Crippen molar-refractivity contribution in [2.24, 2.45) is 0 Å². The molecule has 0 fully saturated rings. The normalized spacial score (nSPS) is 12.7. The largest absolute Gasteiger partial charge is 0.466 e. The van der Waals surface area contributed by atoms with Gasteiger partial charge in [0.25, 0.3) is 0 Å². The molecule has 0 heterocycles. The first-order valence-corrected chi connectivity index (χ1v) is 35.7. The molecule has 0 saturated carbocycles. The molecule has 0 aromatic carbocycles. The average molecular weight is 1110 g/mol. The van der Waals surface area contributed by atoms with Crippen LogP contribution < -0.4 is 5.32 Å². The maximum atomic E-state index is 12.5. The number of hydrogen-bond donors (Lipinski definition) is 3. The van der Waals surface area contributed by atoms with E-state index in [1.807, 2.05) is 0 Å². The van der Waals surface area contributed by atoms with Gasteiger partial charge in [-0.05, 0) is 83.5 Å². The van der Waals surface area contributed by atoms with E-state index >= 15 is 0 Å². The van der Waals surface area contributed by atoms with Crippen LogP contribution >= 0.6 is 0 Å². The Morgan fingerprint density at radius 1 is 0.354 bits per heavy atom. The number of ether oxygens (including phenoxy) is 1. The number of carbonyl (C=O) groups excluding carboxylic acids is 2. The third-order valence-electron chi connectivity index (χ3n) is 16.7. The maximum absolute atomic E-state index is 12.5. The number of esters is 1. The monoisotopic (exact) mass is 1110 g/mol. The molecule has 0 bridgehead atoms. The van der Waals surface area contributed by atoms with Crippen molar-refractivity contribution in [1.29, 1.82) is 0 Å². The summed E-state index contributed by atoms with van der Waals surface area (Å²) in [7, 11) is 0. The Bertz CT molecular complexity index is 1280. The molecule has 0 aliphatic rings. The van der Waals surface area contributed by atoms with Gasteiger partial charge in [0.1, 0.15) is 0 Å². The predicted octanol–water partition coefficient (Wildman–Crippen LogP) is 23.1. The molecule has 0 aromatic heterocycles. The molecular formula is C73H139NO5. The van der Waals surface area contributed by atoms with Crippen LogP contribution in [0.2, 0.25) is 0 Å².